The standard InChI is InChI=1S/C27H23Cl2F3N4OS/c28-21-6-5-17(13-22(21)29)23(16-3-4-16)35-25(37)19-11-15(14-36-8-9-38-26(36)33)10-18(12-19)20-2-1-7-34-24(20)27(30,31)32/h1-2,5-7,10-13,16,23,33H,3-4,8-9,14H2,(H,35,37)/t23-/m0/s1. The van der Waals surface area contributed by atoms with E-state index in [0.717, 1.165) is 30.4 Å². The largest absolute Gasteiger partial charge is 0.433 e. The zero-order valence-electron chi connectivity index (χ0n) is 20.0. The maximum atomic E-state index is 13.8. The lowest BCUT2D eigenvalue weighted by Crippen LogP contribution is -2.30. The summed E-state index contributed by atoms with van der Waals surface area (Å²) < 4.78 is 41.4. The Morgan fingerprint density at radius 1 is 1.16 bits per heavy atom. The molecule has 2 aromatic carbocycles. The molecule has 198 valence electrons. The summed E-state index contributed by atoms with van der Waals surface area (Å²) in [6.45, 7) is 0.956. The highest BCUT2D eigenvalue weighted by molar-refractivity contribution is 8.14. The minimum Gasteiger partial charge on any atom is -0.347 e. The quantitative estimate of drug-likeness (QED) is 0.305. The molecular weight excluding hydrogens is 556 g/mol. The highest BCUT2D eigenvalue weighted by atomic mass is 35.5. The number of alkyl halides is 3. The molecule has 1 aromatic heterocycles. The number of pyridine rings is 1. The van der Waals surface area contributed by atoms with Crippen LogP contribution in [0.25, 0.3) is 11.1 Å². The Hall–Kier alpha value is -2.75. The molecule has 11 heteroatoms. The molecule has 1 saturated carbocycles. The Kier molecular flexibility index (Phi) is 7.62. The summed E-state index contributed by atoms with van der Waals surface area (Å²) in [6.07, 6.45) is -1.68. The van der Waals surface area contributed by atoms with Gasteiger partial charge in [0.1, 0.15) is 0 Å². The highest BCUT2D eigenvalue weighted by Gasteiger charge is 2.36. The van der Waals surface area contributed by atoms with Crippen LogP contribution in [0.2, 0.25) is 10.0 Å². The highest BCUT2D eigenvalue weighted by Crippen LogP contribution is 2.42. The molecule has 1 amide bonds. The zero-order chi connectivity index (χ0) is 27.0. The second-order valence-electron chi connectivity index (χ2n) is 9.35. The number of nitrogens with zero attached hydrogens (tertiary/aromatic N) is 2. The molecule has 2 N–H and O–H groups in total. The molecule has 2 heterocycles. The monoisotopic (exact) mass is 578 g/mol. The van der Waals surface area contributed by atoms with E-state index in [1.54, 1.807) is 24.3 Å². The van der Waals surface area contributed by atoms with E-state index in [0.29, 0.717) is 33.9 Å². The van der Waals surface area contributed by atoms with E-state index in [4.69, 9.17) is 28.6 Å². The first-order valence-corrected chi connectivity index (χ1v) is 13.7. The van der Waals surface area contributed by atoms with Crippen LogP contribution >= 0.6 is 35.0 Å². The van der Waals surface area contributed by atoms with Crippen molar-refractivity contribution in [3.8, 4) is 11.1 Å². The van der Waals surface area contributed by atoms with E-state index < -0.39 is 17.8 Å². The van der Waals surface area contributed by atoms with E-state index in [-0.39, 0.29) is 28.7 Å². The maximum Gasteiger partial charge on any atom is 0.433 e. The summed E-state index contributed by atoms with van der Waals surface area (Å²) >= 11 is 13.7. The van der Waals surface area contributed by atoms with Crippen molar-refractivity contribution in [3.63, 3.8) is 0 Å². The summed E-state index contributed by atoms with van der Waals surface area (Å²) in [5.41, 5.74) is 0.808. The van der Waals surface area contributed by atoms with Crippen LogP contribution in [0.3, 0.4) is 0 Å². The van der Waals surface area contributed by atoms with Crippen molar-refractivity contribution in [2.24, 2.45) is 5.92 Å². The summed E-state index contributed by atoms with van der Waals surface area (Å²) in [5, 5.41) is 12.4. The van der Waals surface area contributed by atoms with Crippen LogP contribution in [-0.2, 0) is 12.7 Å². The van der Waals surface area contributed by atoms with Crippen molar-refractivity contribution < 1.29 is 18.0 Å². The van der Waals surface area contributed by atoms with Crippen LogP contribution < -0.4 is 5.32 Å². The normalized spacial score (nSPS) is 16.6. The number of aromatic nitrogens is 1. The van der Waals surface area contributed by atoms with Gasteiger partial charge in [0.05, 0.1) is 16.1 Å². The minimum atomic E-state index is -4.66. The molecule has 0 bridgehead atoms. The molecule has 2 fully saturated rings. The summed E-state index contributed by atoms with van der Waals surface area (Å²) in [7, 11) is 0. The first kappa shape index (κ1) is 26.8. The van der Waals surface area contributed by atoms with Gasteiger partial charge in [-0.25, -0.2) is 0 Å². The minimum absolute atomic E-state index is 0.106. The third-order valence-electron chi connectivity index (χ3n) is 6.59. The van der Waals surface area contributed by atoms with Gasteiger partial charge in [-0.05, 0) is 71.8 Å². The third kappa shape index (κ3) is 5.95. The molecule has 1 aliphatic heterocycles. The predicted octanol–water partition coefficient (Wildman–Crippen LogP) is 7.44. The fraction of sp³-hybridized carbons (Fsp3) is 0.296. The summed E-state index contributed by atoms with van der Waals surface area (Å²) in [4.78, 5) is 19.0. The van der Waals surface area contributed by atoms with Gasteiger partial charge in [-0.1, -0.05) is 47.1 Å². The van der Waals surface area contributed by atoms with Gasteiger partial charge >= 0.3 is 6.18 Å². The first-order chi connectivity index (χ1) is 18.1. The number of nitrogens with one attached hydrogen (secondary N) is 2. The molecule has 1 saturated heterocycles. The Morgan fingerprint density at radius 3 is 2.61 bits per heavy atom. The van der Waals surface area contributed by atoms with Gasteiger partial charge in [-0.3, -0.25) is 15.2 Å². The van der Waals surface area contributed by atoms with Crippen LogP contribution in [0.4, 0.5) is 13.2 Å². The molecular formula is C27H23Cl2F3N4OS. The average Bonchev–Trinajstić information content (AvgIpc) is 3.65. The lowest BCUT2D eigenvalue weighted by molar-refractivity contribution is -0.140. The molecule has 3 aromatic rings. The van der Waals surface area contributed by atoms with Gasteiger partial charge in [0.15, 0.2) is 10.9 Å². The Bertz CT molecular complexity index is 1400. The molecule has 0 unspecified atom stereocenters. The zero-order valence-corrected chi connectivity index (χ0v) is 22.3. The van der Waals surface area contributed by atoms with Gasteiger partial charge in [0.25, 0.3) is 5.91 Å². The molecule has 5 nitrogen and oxygen atoms in total. The fourth-order valence-corrected chi connectivity index (χ4v) is 5.73. The van der Waals surface area contributed by atoms with E-state index in [1.165, 1.54) is 30.0 Å². The number of amidine groups is 1. The van der Waals surface area contributed by atoms with Crippen LogP contribution in [0.5, 0.6) is 0 Å². The number of thioether (sulfide) groups is 1. The van der Waals surface area contributed by atoms with Crippen LogP contribution in [0.1, 0.15) is 46.1 Å². The summed E-state index contributed by atoms with van der Waals surface area (Å²) in [5.74, 6) is 0.592. The number of carbonyl (C=O) groups excluding carboxylic acids is 1. The van der Waals surface area contributed by atoms with Gasteiger partial charge in [-0.2, -0.15) is 13.2 Å². The van der Waals surface area contributed by atoms with E-state index in [1.807, 2.05) is 11.0 Å². The van der Waals surface area contributed by atoms with Crippen molar-refractivity contribution in [3.05, 3.63) is 87.2 Å². The van der Waals surface area contributed by atoms with Crippen molar-refractivity contribution in [1.82, 2.24) is 15.2 Å². The number of benzene rings is 2. The number of rotatable bonds is 7. The Morgan fingerprint density at radius 2 is 1.95 bits per heavy atom. The van der Waals surface area contributed by atoms with Crippen molar-refractivity contribution in [2.75, 3.05) is 12.3 Å². The summed E-state index contributed by atoms with van der Waals surface area (Å²) in [6, 6.07) is 12.5. The number of amides is 1. The topological polar surface area (TPSA) is 69.1 Å². The maximum absolute atomic E-state index is 13.8. The number of halogens is 5. The molecule has 2 aliphatic rings. The van der Waals surface area contributed by atoms with Gasteiger partial charge in [-0.15, -0.1) is 0 Å². The van der Waals surface area contributed by atoms with Crippen molar-refractivity contribution in [2.45, 2.75) is 31.6 Å². The van der Waals surface area contributed by atoms with Crippen LogP contribution in [0, 0.1) is 11.3 Å². The van der Waals surface area contributed by atoms with E-state index >= 15 is 0 Å². The van der Waals surface area contributed by atoms with E-state index in [9.17, 15) is 18.0 Å². The Labute approximate surface area is 232 Å². The van der Waals surface area contributed by atoms with Crippen molar-refractivity contribution in [1.29, 1.82) is 5.41 Å². The number of carbonyl (C=O) groups is 1. The third-order valence-corrected chi connectivity index (χ3v) is 8.24. The van der Waals surface area contributed by atoms with Gasteiger partial charge in [0.2, 0.25) is 0 Å². The first-order valence-electron chi connectivity index (χ1n) is 12.0. The SMILES string of the molecule is N=C1SCCN1Cc1cc(C(=O)N[C@H](c2ccc(Cl)c(Cl)c2)C2CC2)cc(-c2cccnc2C(F)(F)F)c1. The molecule has 1 aliphatic carbocycles. The number of hydrogen-bond donors (Lipinski definition) is 2. The van der Waals surface area contributed by atoms with Crippen LogP contribution in [-0.4, -0.2) is 33.3 Å². The molecule has 1 atom stereocenters. The second-order valence-corrected chi connectivity index (χ2v) is 11.3. The predicted molar refractivity (Wildman–Crippen MR) is 145 cm³/mol. The van der Waals surface area contributed by atoms with Crippen LogP contribution in [0.15, 0.2) is 54.7 Å². The van der Waals surface area contributed by atoms with Gasteiger partial charge < -0.3 is 10.2 Å². The lowest BCUT2D eigenvalue weighted by Gasteiger charge is -2.21. The molecule has 0 radical (unpaired) electrons. The fourth-order valence-electron chi connectivity index (χ4n) is 4.58. The van der Waals surface area contributed by atoms with Crippen molar-refractivity contribution >= 4 is 46.0 Å². The van der Waals surface area contributed by atoms with E-state index in [2.05, 4.69) is 10.3 Å². The molecule has 38 heavy (non-hydrogen) atoms. The molecule has 5 rings (SSSR count). The average molecular weight is 579 g/mol. The van der Waals surface area contributed by atoms with Gasteiger partial charge in [0, 0.05) is 36.2 Å². The molecule has 0 spiro atoms. The lowest BCUT2D eigenvalue weighted by atomic mass is 9.96. The smallest absolute Gasteiger partial charge is 0.347 e. The Balaban J connectivity index is 1.52. The number of hydrogen-bond acceptors (Lipinski definition) is 4. The second kappa shape index (κ2) is 10.8.